The van der Waals surface area contributed by atoms with Crippen molar-refractivity contribution in [3.8, 4) is 0 Å². The molecular weight excluding hydrogens is 174 g/mol. The Morgan fingerprint density at radius 2 is 1.92 bits per heavy atom. The second-order valence-electron chi connectivity index (χ2n) is 2.89. The highest BCUT2D eigenvalue weighted by atomic mass is 16.3. The number of rotatable bonds is 3. The Hall–Kier alpha value is -1.43. The van der Waals surface area contributed by atoms with Gasteiger partial charge in [-0.05, 0) is 5.92 Å². The minimum atomic E-state index is -0.699. The van der Waals surface area contributed by atoms with E-state index in [0.717, 1.165) is 0 Å². The van der Waals surface area contributed by atoms with Crippen LogP contribution >= 0.6 is 0 Å². The molecule has 6 heteroatoms. The number of aliphatic hydroxyl groups is 1. The third-order valence-electron chi connectivity index (χ3n) is 1.54. The van der Waals surface area contributed by atoms with Gasteiger partial charge in [-0.2, -0.15) is 0 Å². The van der Waals surface area contributed by atoms with Gasteiger partial charge in [0.25, 0.3) is 0 Å². The molecule has 13 heavy (non-hydrogen) atoms. The number of guanidine groups is 1. The van der Waals surface area contributed by atoms with Gasteiger partial charge in [0.15, 0.2) is 0 Å². The molecule has 1 rings (SSSR count). The van der Waals surface area contributed by atoms with Gasteiger partial charge in [-0.3, -0.25) is 25.2 Å². The average molecular weight is 185 g/mol. The van der Waals surface area contributed by atoms with Gasteiger partial charge >= 0.3 is 11.8 Å². The molecule has 6 nitrogen and oxygen atoms in total. The van der Waals surface area contributed by atoms with Gasteiger partial charge in [-0.1, -0.05) is 6.92 Å². The number of carbonyl (C=O) groups is 2. The molecule has 2 amide bonds. The Bertz CT molecular complexity index is 244. The quantitative estimate of drug-likeness (QED) is 0.454. The fourth-order valence-corrected chi connectivity index (χ4v) is 0.744. The van der Waals surface area contributed by atoms with Gasteiger partial charge in [-0.15, -0.1) is 0 Å². The zero-order valence-corrected chi connectivity index (χ0v) is 7.20. The zero-order chi connectivity index (χ0) is 9.84. The first kappa shape index (κ1) is 9.66. The van der Waals surface area contributed by atoms with Crippen molar-refractivity contribution in [2.45, 2.75) is 6.92 Å². The zero-order valence-electron chi connectivity index (χ0n) is 7.20. The number of aliphatic imine (C=N–C) groups is 1. The summed E-state index contributed by atoms with van der Waals surface area (Å²) in [5, 5.41) is 13.2. The van der Waals surface area contributed by atoms with Crippen LogP contribution in [0.25, 0.3) is 0 Å². The van der Waals surface area contributed by atoms with Crippen molar-refractivity contribution in [2.24, 2.45) is 10.9 Å². The first-order chi connectivity index (χ1) is 6.13. The standard InChI is InChI=1S/C7H11N3O3/c1-4(3-11)2-8-7-9-5(12)6(13)10-7/h4,11H,2-3H2,1H3,(H2,8,9,10,12,13). The third-order valence-corrected chi connectivity index (χ3v) is 1.54. The smallest absolute Gasteiger partial charge is 0.316 e. The first-order valence-electron chi connectivity index (χ1n) is 3.91. The van der Waals surface area contributed by atoms with Crippen LogP contribution in [0.3, 0.4) is 0 Å². The maximum Gasteiger partial charge on any atom is 0.316 e. The molecule has 72 valence electrons. The van der Waals surface area contributed by atoms with Crippen LogP contribution in [0, 0.1) is 5.92 Å². The summed E-state index contributed by atoms with van der Waals surface area (Å²) >= 11 is 0. The van der Waals surface area contributed by atoms with Gasteiger partial charge in [0.05, 0.1) is 0 Å². The predicted octanol–water partition coefficient (Wildman–Crippen LogP) is -1.78. The van der Waals surface area contributed by atoms with Gasteiger partial charge in [0.2, 0.25) is 5.96 Å². The summed E-state index contributed by atoms with van der Waals surface area (Å²) in [6.45, 7) is 2.20. The molecule has 0 aromatic carbocycles. The molecule has 1 heterocycles. The summed E-state index contributed by atoms with van der Waals surface area (Å²) in [4.78, 5) is 25.2. The number of hydrogen-bond acceptors (Lipinski definition) is 4. The molecule has 1 atom stereocenters. The van der Waals surface area contributed by atoms with Crippen LogP contribution in [0.5, 0.6) is 0 Å². The number of aliphatic hydroxyl groups excluding tert-OH is 1. The molecule has 0 aromatic rings. The van der Waals surface area contributed by atoms with Gasteiger partial charge in [0, 0.05) is 13.2 Å². The van der Waals surface area contributed by atoms with Crippen molar-refractivity contribution >= 4 is 17.8 Å². The molecule has 1 unspecified atom stereocenters. The van der Waals surface area contributed by atoms with E-state index < -0.39 is 11.8 Å². The maximum absolute atomic E-state index is 10.6. The lowest BCUT2D eigenvalue weighted by atomic mass is 10.2. The topological polar surface area (TPSA) is 90.8 Å². The summed E-state index contributed by atoms with van der Waals surface area (Å²) in [5.41, 5.74) is 0. The van der Waals surface area contributed by atoms with Crippen molar-refractivity contribution in [2.75, 3.05) is 13.2 Å². The lowest BCUT2D eigenvalue weighted by molar-refractivity contribution is -0.135. The summed E-state index contributed by atoms with van der Waals surface area (Å²) < 4.78 is 0. The number of hydrogen-bond donors (Lipinski definition) is 3. The second kappa shape index (κ2) is 3.99. The summed E-state index contributed by atoms with van der Waals surface area (Å²) in [6.07, 6.45) is 0. The highest BCUT2D eigenvalue weighted by Gasteiger charge is 2.24. The Morgan fingerprint density at radius 1 is 1.38 bits per heavy atom. The van der Waals surface area contributed by atoms with E-state index in [4.69, 9.17) is 5.11 Å². The largest absolute Gasteiger partial charge is 0.396 e. The SMILES string of the molecule is CC(CO)CN=C1NC(=O)C(=O)N1. The highest BCUT2D eigenvalue weighted by molar-refractivity contribution is 6.45. The van der Waals surface area contributed by atoms with Crippen LogP contribution in [-0.2, 0) is 9.59 Å². The van der Waals surface area contributed by atoms with E-state index in [-0.39, 0.29) is 18.5 Å². The molecule has 1 aliphatic rings. The van der Waals surface area contributed by atoms with Crippen LogP contribution in [0.1, 0.15) is 6.92 Å². The minimum absolute atomic E-state index is 0.0157. The van der Waals surface area contributed by atoms with Crippen molar-refractivity contribution in [1.29, 1.82) is 0 Å². The van der Waals surface area contributed by atoms with Gasteiger partial charge in [0.1, 0.15) is 0 Å². The highest BCUT2D eigenvalue weighted by Crippen LogP contribution is 1.93. The molecule has 0 radical (unpaired) electrons. The lowest BCUT2D eigenvalue weighted by Gasteiger charge is -2.02. The van der Waals surface area contributed by atoms with Gasteiger partial charge < -0.3 is 5.11 Å². The van der Waals surface area contributed by atoms with E-state index in [2.05, 4.69) is 15.6 Å². The molecule has 1 aliphatic heterocycles. The van der Waals surface area contributed by atoms with E-state index in [1.165, 1.54) is 0 Å². The lowest BCUT2D eigenvalue weighted by Crippen LogP contribution is -2.26. The molecule has 0 spiro atoms. The number of carbonyl (C=O) groups excluding carboxylic acids is 2. The minimum Gasteiger partial charge on any atom is -0.396 e. The normalized spacial score (nSPS) is 18.2. The van der Waals surface area contributed by atoms with Crippen LogP contribution in [0.4, 0.5) is 0 Å². The molecular formula is C7H11N3O3. The summed E-state index contributed by atoms with van der Waals surface area (Å²) in [7, 11) is 0. The van der Waals surface area contributed by atoms with Crippen LogP contribution < -0.4 is 10.6 Å². The average Bonchev–Trinajstić information content (AvgIpc) is 2.42. The number of nitrogens with one attached hydrogen (secondary N) is 2. The van der Waals surface area contributed by atoms with Crippen molar-refractivity contribution in [3.05, 3.63) is 0 Å². The third kappa shape index (κ3) is 2.51. The Morgan fingerprint density at radius 3 is 2.38 bits per heavy atom. The Balaban J connectivity index is 2.46. The molecule has 0 aliphatic carbocycles. The number of amides is 2. The van der Waals surface area contributed by atoms with Crippen LogP contribution in [0.2, 0.25) is 0 Å². The fourth-order valence-electron chi connectivity index (χ4n) is 0.744. The van der Waals surface area contributed by atoms with E-state index in [9.17, 15) is 9.59 Å². The second-order valence-corrected chi connectivity index (χ2v) is 2.89. The van der Waals surface area contributed by atoms with E-state index in [1.807, 2.05) is 6.92 Å². The Labute approximate surface area is 75.0 Å². The molecule has 3 N–H and O–H groups in total. The maximum atomic E-state index is 10.6. The van der Waals surface area contributed by atoms with E-state index >= 15 is 0 Å². The Kier molecular flexibility index (Phi) is 2.97. The fraction of sp³-hybridized carbons (Fsp3) is 0.571. The van der Waals surface area contributed by atoms with Crippen molar-refractivity contribution < 1.29 is 14.7 Å². The number of nitrogens with zero attached hydrogens (tertiary/aromatic N) is 1. The monoisotopic (exact) mass is 185 g/mol. The van der Waals surface area contributed by atoms with Crippen LogP contribution in [-0.4, -0.2) is 36.0 Å². The summed E-state index contributed by atoms with van der Waals surface area (Å²) in [5.74, 6) is -1.22. The molecule has 1 saturated heterocycles. The van der Waals surface area contributed by atoms with Gasteiger partial charge in [-0.25, -0.2) is 0 Å². The molecule has 0 aromatic heterocycles. The molecule has 0 saturated carbocycles. The summed E-state index contributed by atoms with van der Waals surface area (Å²) in [6, 6.07) is 0. The van der Waals surface area contributed by atoms with E-state index in [0.29, 0.717) is 6.54 Å². The first-order valence-corrected chi connectivity index (χ1v) is 3.91. The predicted molar refractivity (Wildman–Crippen MR) is 44.8 cm³/mol. The van der Waals surface area contributed by atoms with Crippen molar-refractivity contribution in [3.63, 3.8) is 0 Å². The van der Waals surface area contributed by atoms with Crippen molar-refractivity contribution in [1.82, 2.24) is 10.6 Å². The van der Waals surface area contributed by atoms with Crippen LogP contribution in [0.15, 0.2) is 4.99 Å². The molecule has 1 fully saturated rings. The molecule has 0 bridgehead atoms. The van der Waals surface area contributed by atoms with E-state index in [1.54, 1.807) is 0 Å².